The molecule has 12 heavy (non-hydrogen) atoms. The average Bonchev–Trinajstić information content (AvgIpc) is 2.10. The molecule has 0 unspecified atom stereocenters. The predicted octanol–water partition coefficient (Wildman–Crippen LogP) is 2.72. The molecule has 0 aromatic carbocycles. The van der Waals surface area contributed by atoms with Gasteiger partial charge in [-0.2, -0.15) is 0 Å². The fourth-order valence-electron chi connectivity index (χ4n) is 1.17. The monoisotopic (exact) mass is 279 g/mol. The van der Waals surface area contributed by atoms with E-state index in [0.717, 1.165) is 13.0 Å². The molecule has 0 N–H and O–H groups in total. The van der Waals surface area contributed by atoms with E-state index in [1.54, 1.807) is 0 Å². The van der Waals surface area contributed by atoms with Gasteiger partial charge in [0, 0.05) is 0 Å². The van der Waals surface area contributed by atoms with Gasteiger partial charge in [-0.3, -0.25) is 0 Å². The van der Waals surface area contributed by atoms with Gasteiger partial charge in [0.1, 0.15) is 0 Å². The van der Waals surface area contributed by atoms with Crippen LogP contribution in [-0.4, -0.2) is 28.1 Å². The summed E-state index contributed by atoms with van der Waals surface area (Å²) in [6, 6.07) is 0. The molecule has 0 bridgehead atoms. The van der Waals surface area contributed by atoms with Crippen molar-refractivity contribution in [2.75, 3.05) is 6.61 Å². The van der Waals surface area contributed by atoms with Gasteiger partial charge >= 0.3 is 86.2 Å². The summed E-state index contributed by atoms with van der Waals surface area (Å²) >= 11 is -1.61. The van der Waals surface area contributed by atoms with Gasteiger partial charge in [-0.05, 0) is 0 Å². The number of hydrogen-bond acceptors (Lipinski definition) is 2. The summed E-state index contributed by atoms with van der Waals surface area (Å²) in [6.07, 6.45) is 9.05. The second-order valence-corrected chi connectivity index (χ2v) is 4.35. The van der Waals surface area contributed by atoms with Crippen molar-refractivity contribution in [2.24, 2.45) is 0 Å². The van der Waals surface area contributed by atoms with E-state index < -0.39 is 21.5 Å². The van der Waals surface area contributed by atoms with Gasteiger partial charge in [0.25, 0.3) is 0 Å². The van der Waals surface area contributed by atoms with Gasteiger partial charge in [-0.25, -0.2) is 0 Å². The molecule has 0 amide bonds. The molecule has 0 aromatic rings. The van der Waals surface area contributed by atoms with Gasteiger partial charge in [0.05, 0.1) is 0 Å². The van der Waals surface area contributed by atoms with Crippen molar-refractivity contribution in [3.63, 3.8) is 0 Å². The van der Waals surface area contributed by atoms with Crippen LogP contribution in [0, 0.1) is 0 Å². The van der Waals surface area contributed by atoms with Crippen molar-refractivity contribution in [1.29, 1.82) is 0 Å². The third-order valence-electron chi connectivity index (χ3n) is 1.91. The molecular formula is C9H19O2Sn. The number of unbranched alkanes of at least 4 members (excludes halogenated alkanes) is 6. The molecule has 0 rings (SSSR count). The van der Waals surface area contributed by atoms with Crippen LogP contribution in [0.1, 0.15) is 51.9 Å². The summed E-state index contributed by atoms with van der Waals surface area (Å²) in [7, 11) is 0. The third kappa shape index (κ3) is 10.6. The molecule has 0 aliphatic heterocycles. The summed E-state index contributed by atoms with van der Waals surface area (Å²) in [5.74, 6) is 0. The van der Waals surface area contributed by atoms with Crippen molar-refractivity contribution in [1.82, 2.24) is 0 Å². The van der Waals surface area contributed by atoms with Crippen molar-refractivity contribution in [3.8, 4) is 0 Å². The molecule has 0 spiro atoms. The van der Waals surface area contributed by atoms with Crippen LogP contribution in [-0.2, 0) is 6.15 Å². The first-order valence-corrected chi connectivity index (χ1v) is 7.23. The Bertz CT molecular complexity index is 96.5. The van der Waals surface area contributed by atoms with E-state index in [9.17, 15) is 3.08 Å². The van der Waals surface area contributed by atoms with E-state index in [4.69, 9.17) is 3.07 Å². The molecule has 0 aliphatic carbocycles. The van der Waals surface area contributed by atoms with E-state index in [1.165, 1.54) is 38.5 Å². The Kier molecular flexibility index (Phi) is 12.1. The van der Waals surface area contributed by atoms with Crippen LogP contribution in [0.3, 0.4) is 0 Å². The van der Waals surface area contributed by atoms with Crippen molar-refractivity contribution < 1.29 is 6.15 Å². The molecule has 0 fully saturated rings. The van der Waals surface area contributed by atoms with Crippen molar-refractivity contribution in [2.45, 2.75) is 51.9 Å². The molecule has 0 saturated carbocycles. The van der Waals surface area contributed by atoms with Crippen LogP contribution >= 0.6 is 0 Å². The topological polar surface area (TPSA) is 26.3 Å². The van der Waals surface area contributed by atoms with E-state index in [2.05, 4.69) is 6.92 Å². The van der Waals surface area contributed by atoms with E-state index in [1.807, 2.05) is 0 Å². The van der Waals surface area contributed by atoms with Gasteiger partial charge in [-0.15, -0.1) is 0 Å². The van der Waals surface area contributed by atoms with Crippen LogP contribution in [0.2, 0.25) is 0 Å². The molecule has 1 radical (unpaired) electrons. The van der Waals surface area contributed by atoms with Gasteiger partial charge < -0.3 is 0 Å². The summed E-state index contributed by atoms with van der Waals surface area (Å²) in [4.78, 5) is 0. The molecular weight excluding hydrogens is 259 g/mol. The fourth-order valence-corrected chi connectivity index (χ4v) is 1.82. The molecule has 71 valence electrons. The van der Waals surface area contributed by atoms with Crippen LogP contribution in [0.25, 0.3) is 0 Å². The summed E-state index contributed by atoms with van der Waals surface area (Å²) in [5.41, 5.74) is 0. The van der Waals surface area contributed by atoms with E-state index in [0.29, 0.717) is 0 Å². The van der Waals surface area contributed by atoms with Crippen LogP contribution in [0.15, 0.2) is 0 Å². The zero-order chi connectivity index (χ0) is 9.07. The molecule has 0 atom stereocenters. The molecule has 0 saturated heterocycles. The number of rotatable bonds is 9. The minimum absolute atomic E-state index is 0.726. The zero-order valence-corrected chi connectivity index (χ0v) is 10.8. The fraction of sp³-hybridized carbons (Fsp3) is 1.00. The first-order chi connectivity index (χ1) is 5.91. The summed E-state index contributed by atoms with van der Waals surface area (Å²) < 4.78 is 14.9. The molecule has 0 aliphatic rings. The third-order valence-corrected chi connectivity index (χ3v) is 2.83. The Morgan fingerprint density at radius 2 is 1.58 bits per heavy atom. The molecule has 0 aromatic heterocycles. The quantitative estimate of drug-likeness (QED) is 0.479. The van der Waals surface area contributed by atoms with Gasteiger partial charge in [0.15, 0.2) is 0 Å². The Morgan fingerprint density at radius 3 is 2.17 bits per heavy atom. The van der Waals surface area contributed by atoms with E-state index in [-0.39, 0.29) is 0 Å². The second-order valence-electron chi connectivity index (χ2n) is 3.05. The van der Waals surface area contributed by atoms with Gasteiger partial charge in [-0.1, -0.05) is 0 Å². The zero-order valence-electron chi connectivity index (χ0n) is 7.97. The minimum atomic E-state index is -1.61. The first-order valence-electron chi connectivity index (χ1n) is 4.90. The maximum atomic E-state index is 10.1. The Labute approximate surface area is 86.2 Å². The molecule has 3 heteroatoms. The molecule has 2 nitrogen and oxygen atoms in total. The van der Waals surface area contributed by atoms with Crippen molar-refractivity contribution >= 4 is 21.5 Å². The SMILES string of the molecule is CCCCCCCCC[O][Sn]=[O]. The average molecular weight is 278 g/mol. The van der Waals surface area contributed by atoms with Crippen molar-refractivity contribution in [3.05, 3.63) is 0 Å². The van der Waals surface area contributed by atoms with Crippen LogP contribution in [0.5, 0.6) is 0 Å². The van der Waals surface area contributed by atoms with Crippen LogP contribution < -0.4 is 0 Å². The normalized spacial score (nSPS) is 10.1. The molecule has 0 heterocycles. The maximum absolute atomic E-state index is 10.1. The van der Waals surface area contributed by atoms with Gasteiger partial charge in [0.2, 0.25) is 0 Å². The Morgan fingerprint density at radius 1 is 1.00 bits per heavy atom. The standard InChI is InChI=1S/C9H19O.O.Sn/c1-2-3-4-5-6-7-8-9-10;;/h2-9H2,1H3;;/q-1;;+1. The van der Waals surface area contributed by atoms with Crippen LogP contribution in [0.4, 0.5) is 0 Å². The number of hydrogen-bond donors (Lipinski definition) is 0. The summed E-state index contributed by atoms with van der Waals surface area (Å²) in [6.45, 7) is 2.96. The Hall–Kier alpha value is 0.559. The first kappa shape index (κ1) is 12.6. The summed E-state index contributed by atoms with van der Waals surface area (Å²) in [5, 5.41) is 0. The second kappa shape index (κ2) is 11.6. The predicted molar refractivity (Wildman–Crippen MR) is 50.4 cm³/mol. The Balaban J connectivity index is 2.77. The van der Waals surface area contributed by atoms with E-state index >= 15 is 0 Å².